The third-order valence-corrected chi connectivity index (χ3v) is 0.754. The molecule has 10 heavy (non-hydrogen) atoms. The van der Waals surface area contributed by atoms with E-state index in [1.54, 1.807) is 0 Å². The summed E-state index contributed by atoms with van der Waals surface area (Å²) in [5.74, 6) is 0.816. The molecule has 0 nitrogen and oxygen atoms in total. The van der Waals surface area contributed by atoms with Crippen molar-refractivity contribution in [2.24, 2.45) is 0 Å². The Labute approximate surface area is 74.9 Å². The van der Waals surface area contributed by atoms with Gasteiger partial charge in [-0.05, 0) is 27.2 Å². The second-order valence-electron chi connectivity index (χ2n) is 3.11. The molecule has 0 N–H and O–H groups in total. The lowest BCUT2D eigenvalue weighted by molar-refractivity contribution is 0.788. The van der Waals surface area contributed by atoms with Gasteiger partial charge in [0.25, 0.3) is 0 Å². The van der Waals surface area contributed by atoms with Crippen molar-refractivity contribution in [2.45, 2.75) is 45.4 Å². The van der Waals surface area contributed by atoms with Crippen LogP contribution in [0.3, 0.4) is 0 Å². The van der Waals surface area contributed by atoms with E-state index in [0.717, 1.165) is 12.3 Å². The highest BCUT2D eigenvalue weighted by molar-refractivity contribution is 6.23. The number of alkyl halides is 2. The van der Waals surface area contributed by atoms with Gasteiger partial charge in [-0.1, -0.05) is 13.3 Å². The fourth-order valence-corrected chi connectivity index (χ4v) is 0.401. The Kier molecular flexibility index (Phi) is 10.1. The Morgan fingerprint density at radius 2 is 1.50 bits per heavy atom. The van der Waals surface area contributed by atoms with Crippen molar-refractivity contribution in [1.29, 1.82) is 0 Å². The summed E-state index contributed by atoms with van der Waals surface area (Å²) in [5.41, 5.74) is 0. The maximum Gasteiger partial charge on any atom is 0.0362 e. The molecule has 0 aromatic carbocycles. The van der Waals surface area contributed by atoms with Crippen LogP contribution in [0.5, 0.6) is 0 Å². The molecule has 0 unspecified atom stereocenters. The lowest BCUT2D eigenvalue weighted by Gasteiger charge is -2.01. The van der Waals surface area contributed by atoms with Gasteiger partial charge in [-0.25, -0.2) is 0 Å². The number of rotatable bonds is 2. The molecule has 0 aliphatic rings. The summed E-state index contributed by atoms with van der Waals surface area (Å²) in [4.78, 5) is -0.0278. The zero-order valence-electron chi connectivity index (χ0n) is 7.38. The van der Waals surface area contributed by atoms with E-state index in [1.165, 1.54) is 6.42 Å². The van der Waals surface area contributed by atoms with Crippen molar-refractivity contribution in [3.63, 3.8) is 0 Å². The molecule has 0 saturated carbocycles. The molecule has 0 saturated heterocycles. The van der Waals surface area contributed by atoms with Crippen LogP contribution in [0.15, 0.2) is 0 Å². The lowest BCUT2D eigenvalue weighted by Crippen LogP contribution is -1.99. The molecular weight excluding hydrogens is 167 g/mol. The van der Waals surface area contributed by atoms with Crippen molar-refractivity contribution in [3.8, 4) is 0 Å². The summed E-state index contributed by atoms with van der Waals surface area (Å²) in [5, 5.41) is 0. The smallest absolute Gasteiger partial charge is 0.0362 e. The van der Waals surface area contributed by atoms with Crippen LogP contribution in [0.4, 0.5) is 0 Å². The molecule has 0 aromatic heterocycles. The zero-order valence-corrected chi connectivity index (χ0v) is 8.89. The summed E-state index contributed by atoms with van der Waals surface area (Å²) in [6, 6.07) is 0. The Morgan fingerprint density at radius 3 is 1.50 bits per heavy atom. The van der Waals surface area contributed by atoms with Crippen molar-refractivity contribution in [2.75, 3.05) is 5.88 Å². The molecule has 0 amide bonds. The maximum atomic E-state index is 5.53. The molecule has 0 aliphatic heterocycles. The van der Waals surface area contributed by atoms with E-state index in [2.05, 4.69) is 6.92 Å². The predicted molar refractivity (Wildman–Crippen MR) is 51.2 cm³/mol. The normalized spacial score (nSPS) is 10.2. The van der Waals surface area contributed by atoms with Gasteiger partial charge in [0, 0.05) is 10.8 Å². The van der Waals surface area contributed by atoms with Gasteiger partial charge in [0.05, 0.1) is 0 Å². The van der Waals surface area contributed by atoms with E-state index in [4.69, 9.17) is 23.2 Å². The number of hydrogen-bond acceptors (Lipinski definition) is 0. The first kappa shape index (κ1) is 13.2. The van der Waals surface area contributed by atoms with Crippen molar-refractivity contribution >= 4 is 23.2 Å². The number of unbranched alkanes of at least 4 members (excludes halogenated alkanes) is 1. The van der Waals surface area contributed by atoms with Crippen LogP contribution in [0.2, 0.25) is 0 Å². The summed E-state index contributed by atoms with van der Waals surface area (Å²) in [6.45, 7) is 7.99. The van der Waals surface area contributed by atoms with Crippen LogP contribution >= 0.6 is 23.2 Å². The Hall–Kier alpha value is 0.580. The van der Waals surface area contributed by atoms with Gasteiger partial charge in [-0.2, -0.15) is 0 Å². The standard InChI is InChI=1S/2C4H9Cl/c1-4(2,3)5;1-2-3-4-5/h1-3H3;2-4H2,1H3. The molecule has 0 radical (unpaired) electrons. The Bertz CT molecular complexity index is 46.8. The van der Waals surface area contributed by atoms with E-state index in [9.17, 15) is 0 Å². The largest absolute Gasteiger partial charge is 0.127 e. The van der Waals surface area contributed by atoms with Crippen LogP contribution in [0, 0.1) is 0 Å². The zero-order chi connectivity index (χ0) is 8.62. The first-order valence-electron chi connectivity index (χ1n) is 3.66. The quantitative estimate of drug-likeness (QED) is 0.569. The molecule has 2 heteroatoms. The highest BCUT2D eigenvalue weighted by Gasteiger charge is 1.99. The highest BCUT2D eigenvalue weighted by Crippen LogP contribution is 2.07. The minimum Gasteiger partial charge on any atom is -0.127 e. The third-order valence-electron chi connectivity index (χ3n) is 0.487. The highest BCUT2D eigenvalue weighted by atomic mass is 35.5. The molecule has 0 aromatic rings. The molecule has 0 atom stereocenters. The van der Waals surface area contributed by atoms with Crippen LogP contribution in [0.25, 0.3) is 0 Å². The predicted octanol–water partition coefficient (Wildman–Crippen LogP) is 4.05. The minimum atomic E-state index is -0.0278. The van der Waals surface area contributed by atoms with E-state index >= 15 is 0 Å². The molecule has 64 valence electrons. The SMILES string of the molecule is CC(C)(C)Cl.CCCCCl. The minimum absolute atomic E-state index is 0.0278. The molecule has 0 spiro atoms. The van der Waals surface area contributed by atoms with Crippen molar-refractivity contribution in [1.82, 2.24) is 0 Å². The van der Waals surface area contributed by atoms with Gasteiger partial charge < -0.3 is 0 Å². The Morgan fingerprint density at radius 1 is 1.20 bits per heavy atom. The first-order chi connectivity index (χ1) is 4.41. The number of hydrogen-bond donors (Lipinski definition) is 0. The Balaban J connectivity index is 0. The van der Waals surface area contributed by atoms with Gasteiger partial charge in [0.15, 0.2) is 0 Å². The molecule has 0 bridgehead atoms. The topological polar surface area (TPSA) is 0 Å². The van der Waals surface area contributed by atoms with E-state index in [-0.39, 0.29) is 4.87 Å². The van der Waals surface area contributed by atoms with E-state index in [1.807, 2.05) is 20.8 Å². The second-order valence-corrected chi connectivity index (χ2v) is 4.62. The second kappa shape index (κ2) is 7.68. The fraction of sp³-hybridized carbons (Fsp3) is 1.00. The summed E-state index contributed by atoms with van der Waals surface area (Å²) < 4.78 is 0. The summed E-state index contributed by atoms with van der Waals surface area (Å²) >= 11 is 10.8. The molecule has 0 fully saturated rings. The van der Waals surface area contributed by atoms with Gasteiger partial charge in [-0.15, -0.1) is 23.2 Å². The van der Waals surface area contributed by atoms with Crippen molar-refractivity contribution < 1.29 is 0 Å². The van der Waals surface area contributed by atoms with Gasteiger partial charge in [0.1, 0.15) is 0 Å². The summed E-state index contributed by atoms with van der Waals surface area (Å²) in [6.07, 6.45) is 2.37. The molecule has 0 rings (SSSR count). The first-order valence-corrected chi connectivity index (χ1v) is 4.58. The lowest BCUT2D eigenvalue weighted by atomic mass is 10.3. The van der Waals surface area contributed by atoms with Crippen LogP contribution in [-0.4, -0.2) is 10.8 Å². The van der Waals surface area contributed by atoms with Gasteiger partial charge in [-0.3, -0.25) is 0 Å². The van der Waals surface area contributed by atoms with Gasteiger partial charge >= 0.3 is 0 Å². The molecule has 0 aliphatic carbocycles. The van der Waals surface area contributed by atoms with Crippen LogP contribution in [-0.2, 0) is 0 Å². The fourth-order valence-electron chi connectivity index (χ4n) is 0.134. The maximum absolute atomic E-state index is 5.53. The number of halogens is 2. The molecular formula is C8H18Cl2. The summed E-state index contributed by atoms with van der Waals surface area (Å²) in [7, 11) is 0. The average molecular weight is 185 g/mol. The average Bonchev–Trinajstić information content (AvgIpc) is 1.63. The van der Waals surface area contributed by atoms with Crippen LogP contribution < -0.4 is 0 Å². The molecule has 0 heterocycles. The van der Waals surface area contributed by atoms with Gasteiger partial charge in [0.2, 0.25) is 0 Å². The monoisotopic (exact) mass is 184 g/mol. The van der Waals surface area contributed by atoms with Crippen molar-refractivity contribution in [3.05, 3.63) is 0 Å². The van der Waals surface area contributed by atoms with Crippen LogP contribution in [0.1, 0.15) is 40.5 Å². The third kappa shape index (κ3) is 74.1. The van der Waals surface area contributed by atoms with E-state index < -0.39 is 0 Å². The van der Waals surface area contributed by atoms with E-state index in [0.29, 0.717) is 0 Å².